The molecular weight excluding hydrogens is 326 g/mol. The number of hydrogen-bond donors (Lipinski definition) is 2. The Hall–Kier alpha value is -1.66. The smallest absolute Gasteiger partial charge is 0.382 e. The second-order valence-electron chi connectivity index (χ2n) is 4.23. The largest absolute Gasteiger partial charge is 0.416 e. The fourth-order valence-electron chi connectivity index (χ4n) is 1.60. The number of nitrogens with two attached hydrogens (primary N) is 1. The Morgan fingerprint density at radius 1 is 1.10 bits per heavy atom. The van der Waals surface area contributed by atoms with E-state index in [9.17, 15) is 13.2 Å². The van der Waals surface area contributed by atoms with Crippen molar-refractivity contribution in [2.75, 3.05) is 11.1 Å². The number of halogens is 5. The molecule has 21 heavy (non-hydrogen) atoms. The molecule has 0 spiro atoms. The first kappa shape index (κ1) is 15.7. The third-order valence-corrected chi connectivity index (χ3v) is 3.29. The fourth-order valence-corrected chi connectivity index (χ4v) is 2.03. The minimum Gasteiger partial charge on any atom is -0.382 e. The van der Waals surface area contributed by atoms with Gasteiger partial charge in [0.25, 0.3) is 0 Å². The van der Waals surface area contributed by atoms with Gasteiger partial charge < -0.3 is 11.1 Å². The molecule has 2 aromatic rings. The van der Waals surface area contributed by atoms with Gasteiger partial charge in [0.15, 0.2) is 0 Å². The Bertz CT molecular complexity index is 642. The first-order valence-electron chi connectivity index (χ1n) is 5.79. The van der Waals surface area contributed by atoms with E-state index in [1.54, 1.807) is 0 Å². The minimum atomic E-state index is -4.35. The SMILES string of the molecule is Nc1nc(NCc2ccc(C(F)(F)F)cc2)c(Cl)cc1Cl. The molecular formula is C13H10Cl2F3N3. The van der Waals surface area contributed by atoms with Crippen LogP contribution in [0.5, 0.6) is 0 Å². The van der Waals surface area contributed by atoms with Gasteiger partial charge in [-0.1, -0.05) is 35.3 Å². The van der Waals surface area contributed by atoms with Crippen molar-refractivity contribution < 1.29 is 13.2 Å². The Balaban J connectivity index is 2.08. The summed E-state index contributed by atoms with van der Waals surface area (Å²) in [6.07, 6.45) is -4.35. The maximum absolute atomic E-state index is 12.4. The Morgan fingerprint density at radius 2 is 1.71 bits per heavy atom. The zero-order chi connectivity index (χ0) is 15.6. The Labute approximate surface area is 128 Å². The van der Waals surface area contributed by atoms with Crippen LogP contribution in [0.4, 0.5) is 24.8 Å². The van der Waals surface area contributed by atoms with Crippen LogP contribution in [-0.2, 0) is 12.7 Å². The summed E-state index contributed by atoms with van der Waals surface area (Å²) in [6, 6.07) is 6.23. The van der Waals surface area contributed by atoms with Gasteiger partial charge in [0.05, 0.1) is 15.6 Å². The van der Waals surface area contributed by atoms with Crippen LogP contribution in [-0.4, -0.2) is 4.98 Å². The summed E-state index contributed by atoms with van der Waals surface area (Å²) in [5.74, 6) is 0.439. The summed E-state index contributed by atoms with van der Waals surface area (Å²) in [5.41, 5.74) is 5.51. The highest BCUT2D eigenvalue weighted by atomic mass is 35.5. The number of nitrogens with zero attached hydrogens (tertiary/aromatic N) is 1. The van der Waals surface area contributed by atoms with E-state index in [0.717, 1.165) is 12.1 Å². The van der Waals surface area contributed by atoms with Crippen LogP contribution in [0.2, 0.25) is 10.0 Å². The first-order chi connectivity index (χ1) is 9.77. The van der Waals surface area contributed by atoms with Gasteiger partial charge in [-0.15, -0.1) is 0 Å². The topological polar surface area (TPSA) is 50.9 Å². The second kappa shape index (κ2) is 5.99. The van der Waals surface area contributed by atoms with Crippen molar-refractivity contribution in [3.8, 4) is 0 Å². The van der Waals surface area contributed by atoms with Gasteiger partial charge in [0, 0.05) is 6.54 Å². The molecule has 0 aliphatic rings. The van der Waals surface area contributed by atoms with E-state index < -0.39 is 11.7 Å². The van der Waals surface area contributed by atoms with Gasteiger partial charge in [-0.05, 0) is 23.8 Å². The van der Waals surface area contributed by atoms with Crippen LogP contribution in [0.25, 0.3) is 0 Å². The summed E-state index contributed by atoms with van der Waals surface area (Å²) < 4.78 is 37.3. The highest BCUT2D eigenvalue weighted by Crippen LogP contribution is 2.30. The van der Waals surface area contributed by atoms with E-state index >= 15 is 0 Å². The highest BCUT2D eigenvalue weighted by molar-refractivity contribution is 6.37. The maximum atomic E-state index is 12.4. The molecule has 0 aliphatic carbocycles. The van der Waals surface area contributed by atoms with Crippen LogP contribution in [0.15, 0.2) is 30.3 Å². The molecule has 0 atom stereocenters. The van der Waals surface area contributed by atoms with Crippen LogP contribution in [0.1, 0.15) is 11.1 Å². The van der Waals surface area contributed by atoms with Crippen molar-refractivity contribution in [2.45, 2.75) is 12.7 Å². The maximum Gasteiger partial charge on any atom is 0.416 e. The van der Waals surface area contributed by atoms with Gasteiger partial charge in [0.1, 0.15) is 11.6 Å². The summed E-state index contributed by atoms with van der Waals surface area (Å²) in [7, 11) is 0. The van der Waals surface area contributed by atoms with E-state index in [4.69, 9.17) is 28.9 Å². The number of rotatable bonds is 3. The molecule has 0 saturated heterocycles. The van der Waals surface area contributed by atoms with Crippen LogP contribution < -0.4 is 11.1 Å². The van der Waals surface area contributed by atoms with Gasteiger partial charge in [-0.25, -0.2) is 4.98 Å². The van der Waals surface area contributed by atoms with Gasteiger partial charge in [-0.3, -0.25) is 0 Å². The number of nitrogen functional groups attached to an aromatic ring is 1. The highest BCUT2D eigenvalue weighted by Gasteiger charge is 2.29. The minimum absolute atomic E-state index is 0.121. The lowest BCUT2D eigenvalue weighted by Gasteiger charge is -2.10. The molecule has 2 rings (SSSR count). The molecule has 0 unspecified atom stereocenters. The predicted molar refractivity (Wildman–Crippen MR) is 77.4 cm³/mol. The number of pyridine rings is 1. The van der Waals surface area contributed by atoms with E-state index in [1.807, 2.05) is 0 Å². The summed E-state index contributed by atoms with van der Waals surface area (Å²) >= 11 is 11.7. The lowest BCUT2D eigenvalue weighted by atomic mass is 10.1. The van der Waals surface area contributed by atoms with E-state index in [0.29, 0.717) is 11.4 Å². The quantitative estimate of drug-likeness (QED) is 0.861. The van der Waals surface area contributed by atoms with Crippen molar-refractivity contribution in [1.82, 2.24) is 4.98 Å². The van der Waals surface area contributed by atoms with Crippen molar-refractivity contribution in [2.24, 2.45) is 0 Å². The van der Waals surface area contributed by atoms with Gasteiger partial charge >= 0.3 is 6.18 Å². The third kappa shape index (κ3) is 3.92. The van der Waals surface area contributed by atoms with Crippen molar-refractivity contribution in [3.63, 3.8) is 0 Å². The number of hydrogen-bond acceptors (Lipinski definition) is 3. The molecule has 0 aliphatic heterocycles. The van der Waals surface area contributed by atoms with Crippen LogP contribution >= 0.6 is 23.2 Å². The van der Waals surface area contributed by atoms with Crippen molar-refractivity contribution in [1.29, 1.82) is 0 Å². The summed E-state index contributed by atoms with van der Waals surface area (Å²) in [4.78, 5) is 3.97. The molecule has 1 aromatic carbocycles. The normalized spacial score (nSPS) is 11.5. The molecule has 8 heteroatoms. The second-order valence-corrected chi connectivity index (χ2v) is 5.05. The number of anilines is 2. The van der Waals surface area contributed by atoms with Crippen LogP contribution in [0, 0.1) is 0 Å². The monoisotopic (exact) mass is 335 g/mol. The Morgan fingerprint density at radius 3 is 2.29 bits per heavy atom. The average molecular weight is 336 g/mol. The molecule has 0 amide bonds. The standard InChI is InChI=1S/C13H10Cl2F3N3/c14-9-5-10(15)12(21-11(9)19)20-6-7-1-3-8(4-2-7)13(16,17)18/h1-5H,6H2,(H3,19,20,21). The zero-order valence-electron chi connectivity index (χ0n) is 10.5. The van der Waals surface area contributed by atoms with Crippen LogP contribution in [0.3, 0.4) is 0 Å². The average Bonchev–Trinajstić information content (AvgIpc) is 2.41. The van der Waals surface area contributed by atoms with Gasteiger partial charge in [-0.2, -0.15) is 13.2 Å². The molecule has 112 valence electrons. The molecule has 3 N–H and O–H groups in total. The number of aromatic nitrogens is 1. The van der Waals surface area contributed by atoms with E-state index in [-0.39, 0.29) is 22.4 Å². The van der Waals surface area contributed by atoms with Crippen molar-refractivity contribution >= 4 is 34.8 Å². The lowest BCUT2D eigenvalue weighted by Crippen LogP contribution is -2.06. The molecule has 0 saturated carbocycles. The van der Waals surface area contributed by atoms with Gasteiger partial charge in [0.2, 0.25) is 0 Å². The third-order valence-electron chi connectivity index (χ3n) is 2.70. The molecule has 0 fully saturated rings. The predicted octanol–water partition coefficient (Wildman–Crippen LogP) is 4.60. The number of nitrogens with one attached hydrogen (secondary N) is 1. The van der Waals surface area contributed by atoms with E-state index in [1.165, 1.54) is 18.2 Å². The number of alkyl halides is 3. The van der Waals surface area contributed by atoms with Crippen molar-refractivity contribution in [3.05, 3.63) is 51.5 Å². The first-order valence-corrected chi connectivity index (χ1v) is 6.54. The molecule has 3 nitrogen and oxygen atoms in total. The fraction of sp³-hybridized carbons (Fsp3) is 0.154. The number of benzene rings is 1. The molecule has 1 aromatic heterocycles. The Kier molecular flexibility index (Phi) is 4.49. The molecule has 1 heterocycles. The lowest BCUT2D eigenvalue weighted by molar-refractivity contribution is -0.137. The molecule has 0 bridgehead atoms. The van der Waals surface area contributed by atoms with E-state index in [2.05, 4.69) is 10.3 Å². The molecule has 0 radical (unpaired) electrons. The summed E-state index contributed by atoms with van der Waals surface area (Å²) in [5, 5.41) is 3.41. The summed E-state index contributed by atoms with van der Waals surface area (Å²) in [6.45, 7) is 0.256. The zero-order valence-corrected chi connectivity index (χ0v) is 12.0.